The van der Waals surface area contributed by atoms with Crippen molar-refractivity contribution in [2.45, 2.75) is 13.1 Å². The SMILES string of the molecule is CN(Cc1ccc(F)cc1)c1ccc2ncc(-c3ccc(CNCO)cc3)n2n1. The molecule has 0 aliphatic rings. The predicted molar refractivity (Wildman–Crippen MR) is 111 cm³/mol. The van der Waals surface area contributed by atoms with Crippen LogP contribution in [0.15, 0.2) is 66.9 Å². The monoisotopic (exact) mass is 391 g/mol. The molecule has 4 aromatic rings. The number of nitrogens with one attached hydrogen (secondary N) is 1. The van der Waals surface area contributed by atoms with Crippen LogP contribution in [-0.4, -0.2) is 33.5 Å². The molecular weight excluding hydrogens is 369 g/mol. The molecular formula is C22H22FN5O. The maximum Gasteiger partial charge on any atom is 0.154 e. The van der Waals surface area contributed by atoms with E-state index in [2.05, 4.69) is 10.3 Å². The number of halogens is 1. The van der Waals surface area contributed by atoms with Crippen LogP contribution < -0.4 is 10.2 Å². The second kappa shape index (κ2) is 8.38. The van der Waals surface area contributed by atoms with Crippen LogP contribution in [0.5, 0.6) is 0 Å². The average molecular weight is 391 g/mol. The van der Waals surface area contributed by atoms with Crippen molar-refractivity contribution in [1.29, 1.82) is 0 Å². The van der Waals surface area contributed by atoms with Crippen molar-refractivity contribution < 1.29 is 9.50 Å². The summed E-state index contributed by atoms with van der Waals surface area (Å²) in [6.07, 6.45) is 1.81. The fourth-order valence-electron chi connectivity index (χ4n) is 3.20. The smallest absolute Gasteiger partial charge is 0.154 e. The van der Waals surface area contributed by atoms with E-state index in [1.54, 1.807) is 12.1 Å². The van der Waals surface area contributed by atoms with Crippen molar-refractivity contribution in [3.63, 3.8) is 0 Å². The van der Waals surface area contributed by atoms with Crippen LogP contribution in [0, 0.1) is 5.82 Å². The molecule has 0 aliphatic heterocycles. The Labute approximate surface area is 168 Å². The summed E-state index contributed by atoms with van der Waals surface area (Å²) < 4.78 is 15.0. The van der Waals surface area contributed by atoms with Gasteiger partial charge in [-0.05, 0) is 35.4 Å². The van der Waals surface area contributed by atoms with Crippen molar-refractivity contribution in [1.82, 2.24) is 19.9 Å². The van der Waals surface area contributed by atoms with Gasteiger partial charge < -0.3 is 10.0 Å². The summed E-state index contributed by atoms with van der Waals surface area (Å²) >= 11 is 0. The molecule has 0 radical (unpaired) electrons. The van der Waals surface area contributed by atoms with Crippen LogP contribution in [0.3, 0.4) is 0 Å². The highest BCUT2D eigenvalue weighted by molar-refractivity contribution is 5.64. The molecule has 2 heterocycles. The number of aromatic nitrogens is 3. The quantitative estimate of drug-likeness (QED) is 0.474. The molecule has 7 heteroatoms. The maximum atomic E-state index is 13.1. The predicted octanol–water partition coefficient (Wildman–Crippen LogP) is 3.21. The van der Waals surface area contributed by atoms with Crippen molar-refractivity contribution in [3.05, 3.63) is 83.8 Å². The number of anilines is 1. The highest BCUT2D eigenvalue weighted by Crippen LogP contribution is 2.22. The minimum Gasteiger partial charge on any atom is -0.381 e. The zero-order valence-corrected chi connectivity index (χ0v) is 16.1. The molecule has 4 rings (SSSR count). The summed E-state index contributed by atoms with van der Waals surface area (Å²) in [6.45, 7) is 1.18. The third-order valence-electron chi connectivity index (χ3n) is 4.76. The fraction of sp³-hybridized carbons (Fsp3) is 0.182. The standard InChI is InChI=1S/C22H22FN5O/c1-27(14-17-4-8-19(23)9-5-17)22-11-10-21-25-13-20(28(21)26-22)18-6-2-16(3-7-18)12-24-15-29/h2-11,13,24,29H,12,14-15H2,1H3. The number of aliphatic hydroxyl groups excluding tert-OH is 1. The Morgan fingerprint density at radius 1 is 1.00 bits per heavy atom. The van der Waals surface area contributed by atoms with Crippen molar-refractivity contribution in [2.75, 3.05) is 18.7 Å². The molecule has 148 valence electrons. The van der Waals surface area contributed by atoms with Gasteiger partial charge in [0.2, 0.25) is 0 Å². The van der Waals surface area contributed by atoms with Gasteiger partial charge in [0.1, 0.15) is 11.6 Å². The lowest BCUT2D eigenvalue weighted by Crippen LogP contribution is -2.18. The van der Waals surface area contributed by atoms with E-state index in [0.29, 0.717) is 13.1 Å². The largest absolute Gasteiger partial charge is 0.381 e. The molecule has 0 fully saturated rings. The van der Waals surface area contributed by atoms with E-state index in [-0.39, 0.29) is 12.5 Å². The molecule has 2 N–H and O–H groups in total. The van der Waals surface area contributed by atoms with Crippen LogP contribution in [0.2, 0.25) is 0 Å². The van der Waals surface area contributed by atoms with Gasteiger partial charge in [-0.1, -0.05) is 36.4 Å². The third-order valence-corrected chi connectivity index (χ3v) is 4.76. The number of fused-ring (bicyclic) bond motifs is 1. The molecule has 29 heavy (non-hydrogen) atoms. The average Bonchev–Trinajstić information content (AvgIpc) is 3.17. The first kappa shape index (κ1) is 19.0. The summed E-state index contributed by atoms with van der Waals surface area (Å²) in [5.74, 6) is 0.557. The summed E-state index contributed by atoms with van der Waals surface area (Å²) in [5, 5.41) is 16.5. The lowest BCUT2D eigenvalue weighted by atomic mass is 10.1. The van der Waals surface area contributed by atoms with E-state index < -0.39 is 0 Å². The Morgan fingerprint density at radius 2 is 1.72 bits per heavy atom. The lowest BCUT2D eigenvalue weighted by molar-refractivity contribution is 0.259. The molecule has 0 atom stereocenters. The second-order valence-corrected chi connectivity index (χ2v) is 6.87. The normalized spacial score (nSPS) is 11.1. The fourth-order valence-corrected chi connectivity index (χ4v) is 3.20. The summed E-state index contributed by atoms with van der Waals surface area (Å²) in [4.78, 5) is 6.47. The summed E-state index contributed by atoms with van der Waals surface area (Å²) in [5.41, 5.74) is 4.78. The number of hydrogen-bond donors (Lipinski definition) is 2. The van der Waals surface area contributed by atoms with E-state index in [1.807, 2.05) is 59.1 Å². The highest BCUT2D eigenvalue weighted by atomic mass is 19.1. The van der Waals surface area contributed by atoms with E-state index in [9.17, 15) is 4.39 Å². The number of nitrogens with zero attached hydrogens (tertiary/aromatic N) is 4. The van der Waals surface area contributed by atoms with E-state index in [1.165, 1.54) is 12.1 Å². The Balaban J connectivity index is 1.59. The molecule has 2 aromatic carbocycles. The first-order chi connectivity index (χ1) is 14.1. The zero-order chi connectivity index (χ0) is 20.2. The molecule has 2 aromatic heterocycles. The topological polar surface area (TPSA) is 65.7 Å². The first-order valence-electron chi connectivity index (χ1n) is 9.35. The van der Waals surface area contributed by atoms with Crippen LogP contribution in [0.4, 0.5) is 10.2 Å². The number of aliphatic hydroxyl groups is 1. The van der Waals surface area contributed by atoms with Crippen LogP contribution in [-0.2, 0) is 13.1 Å². The van der Waals surface area contributed by atoms with Crippen LogP contribution in [0.25, 0.3) is 16.9 Å². The van der Waals surface area contributed by atoms with Crippen molar-refractivity contribution >= 4 is 11.5 Å². The molecule has 0 spiro atoms. The second-order valence-electron chi connectivity index (χ2n) is 6.87. The Kier molecular flexibility index (Phi) is 5.50. The highest BCUT2D eigenvalue weighted by Gasteiger charge is 2.11. The Hall–Kier alpha value is -3.29. The van der Waals surface area contributed by atoms with Crippen LogP contribution in [0.1, 0.15) is 11.1 Å². The minimum atomic E-state index is -0.239. The number of benzene rings is 2. The van der Waals surface area contributed by atoms with Gasteiger partial charge in [-0.2, -0.15) is 0 Å². The van der Waals surface area contributed by atoms with E-state index >= 15 is 0 Å². The van der Waals surface area contributed by atoms with Crippen LogP contribution >= 0.6 is 0 Å². The maximum absolute atomic E-state index is 13.1. The van der Waals surface area contributed by atoms with Crippen molar-refractivity contribution in [3.8, 4) is 11.3 Å². The van der Waals surface area contributed by atoms with Gasteiger partial charge in [0.15, 0.2) is 5.65 Å². The van der Waals surface area contributed by atoms with Gasteiger partial charge in [0, 0.05) is 25.7 Å². The van der Waals surface area contributed by atoms with E-state index in [4.69, 9.17) is 10.2 Å². The Bertz CT molecular complexity index is 1090. The molecule has 0 aliphatic carbocycles. The van der Waals surface area contributed by atoms with Gasteiger partial charge >= 0.3 is 0 Å². The zero-order valence-electron chi connectivity index (χ0n) is 16.1. The van der Waals surface area contributed by atoms with Gasteiger partial charge in [-0.25, -0.2) is 13.9 Å². The summed E-state index contributed by atoms with van der Waals surface area (Å²) in [7, 11) is 1.96. The molecule has 0 saturated carbocycles. The van der Waals surface area contributed by atoms with Gasteiger partial charge in [-0.3, -0.25) is 5.32 Å². The molecule has 0 unspecified atom stereocenters. The van der Waals surface area contributed by atoms with E-state index in [0.717, 1.165) is 33.8 Å². The summed E-state index contributed by atoms with van der Waals surface area (Å²) in [6, 6.07) is 18.4. The number of hydrogen-bond acceptors (Lipinski definition) is 5. The molecule has 0 amide bonds. The first-order valence-corrected chi connectivity index (χ1v) is 9.35. The van der Waals surface area contributed by atoms with Gasteiger partial charge in [-0.15, -0.1) is 5.10 Å². The third kappa shape index (κ3) is 4.26. The van der Waals surface area contributed by atoms with Crippen molar-refractivity contribution in [2.24, 2.45) is 0 Å². The number of rotatable bonds is 7. The van der Waals surface area contributed by atoms with Gasteiger partial charge in [0.05, 0.1) is 18.6 Å². The minimum absolute atomic E-state index is 0.0485. The lowest BCUT2D eigenvalue weighted by Gasteiger charge is -2.18. The molecule has 6 nitrogen and oxygen atoms in total. The Morgan fingerprint density at radius 3 is 2.45 bits per heavy atom. The van der Waals surface area contributed by atoms with Gasteiger partial charge in [0.25, 0.3) is 0 Å². The molecule has 0 bridgehead atoms. The molecule has 0 saturated heterocycles. The number of imidazole rings is 1.